The standard InChI is InChI=1S/C11H13Cl2N3O3/c1-15(2)11(17)3-4-14-9-5-7(12)8(13)6-10(9)16(18)19/h5-6,14H,3-4H2,1-2H3. The minimum atomic E-state index is -0.557. The molecule has 0 fully saturated rings. The lowest BCUT2D eigenvalue weighted by Crippen LogP contribution is -2.24. The number of amides is 1. The van der Waals surface area contributed by atoms with Gasteiger partial charge in [-0.3, -0.25) is 14.9 Å². The van der Waals surface area contributed by atoms with Crippen LogP contribution in [0.5, 0.6) is 0 Å². The summed E-state index contributed by atoms with van der Waals surface area (Å²) in [6.45, 7) is 0.274. The van der Waals surface area contributed by atoms with E-state index in [1.807, 2.05) is 0 Å². The van der Waals surface area contributed by atoms with Gasteiger partial charge in [0.05, 0.1) is 15.0 Å². The third-order valence-electron chi connectivity index (χ3n) is 2.39. The molecule has 104 valence electrons. The number of nitro groups is 1. The Kier molecular flexibility index (Phi) is 5.38. The van der Waals surface area contributed by atoms with E-state index >= 15 is 0 Å². The number of hydrogen-bond donors (Lipinski definition) is 1. The fraction of sp³-hybridized carbons (Fsp3) is 0.364. The summed E-state index contributed by atoms with van der Waals surface area (Å²) in [5.74, 6) is -0.0739. The van der Waals surface area contributed by atoms with Gasteiger partial charge in [0.2, 0.25) is 5.91 Å². The van der Waals surface area contributed by atoms with E-state index in [0.29, 0.717) is 0 Å². The first-order chi connectivity index (χ1) is 8.82. The van der Waals surface area contributed by atoms with Gasteiger partial charge in [-0.25, -0.2) is 0 Å². The van der Waals surface area contributed by atoms with Crippen LogP contribution in [0.2, 0.25) is 10.0 Å². The maximum Gasteiger partial charge on any atom is 0.293 e. The zero-order valence-corrected chi connectivity index (χ0v) is 12.0. The Bertz CT molecular complexity index is 506. The zero-order valence-electron chi connectivity index (χ0n) is 10.4. The minimum Gasteiger partial charge on any atom is -0.379 e. The van der Waals surface area contributed by atoms with Gasteiger partial charge in [0.15, 0.2) is 0 Å². The fourth-order valence-corrected chi connectivity index (χ4v) is 1.68. The molecule has 1 aromatic carbocycles. The van der Waals surface area contributed by atoms with Gasteiger partial charge in [0, 0.05) is 33.1 Å². The Labute approximate surface area is 120 Å². The van der Waals surface area contributed by atoms with E-state index in [0.717, 1.165) is 0 Å². The number of nitrogens with one attached hydrogen (secondary N) is 1. The van der Waals surface area contributed by atoms with Crippen LogP contribution >= 0.6 is 23.2 Å². The largest absolute Gasteiger partial charge is 0.379 e. The minimum absolute atomic E-state index is 0.0739. The smallest absolute Gasteiger partial charge is 0.293 e. The first-order valence-corrected chi connectivity index (χ1v) is 6.16. The summed E-state index contributed by atoms with van der Waals surface area (Å²) >= 11 is 11.5. The molecule has 0 aliphatic rings. The summed E-state index contributed by atoms with van der Waals surface area (Å²) in [6, 6.07) is 2.56. The Morgan fingerprint density at radius 1 is 1.37 bits per heavy atom. The van der Waals surface area contributed by atoms with Crippen LogP contribution in [0.4, 0.5) is 11.4 Å². The average Bonchev–Trinajstić information content (AvgIpc) is 2.32. The van der Waals surface area contributed by atoms with E-state index in [9.17, 15) is 14.9 Å². The van der Waals surface area contributed by atoms with Crippen molar-refractivity contribution in [2.75, 3.05) is 26.0 Å². The third kappa shape index (κ3) is 4.25. The van der Waals surface area contributed by atoms with Crippen LogP contribution in [0.3, 0.4) is 0 Å². The van der Waals surface area contributed by atoms with Crippen molar-refractivity contribution in [3.63, 3.8) is 0 Å². The van der Waals surface area contributed by atoms with Crippen molar-refractivity contribution in [1.82, 2.24) is 4.90 Å². The number of nitrogens with zero attached hydrogens (tertiary/aromatic N) is 2. The molecule has 0 spiro atoms. The third-order valence-corrected chi connectivity index (χ3v) is 3.11. The van der Waals surface area contributed by atoms with Crippen LogP contribution in [0.25, 0.3) is 0 Å². The van der Waals surface area contributed by atoms with Crippen LogP contribution in [0.15, 0.2) is 12.1 Å². The number of anilines is 1. The molecule has 1 amide bonds. The Hall–Kier alpha value is -1.53. The Morgan fingerprint density at radius 2 is 1.95 bits per heavy atom. The monoisotopic (exact) mass is 305 g/mol. The van der Waals surface area contributed by atoms with Gasteiger partial charge in [0.1, 0.15) is 5.69 Å². The molecule has 0 aliphatic heterocycles. The zero-order chi connectivity index (χ0) is 14.6. The molecule has 0 unspecified atom stereocenters. The molecule has 8 heteroatoms. The van der Waals surface area contributed by atoms with Crippen molar-refractivity contribution in [2.45, 2.75) is 6.42 Å². The highest BCUT2D eigenvalue weighted by atomic mass is 35.5. The molecule has 0 saturated heterocycles. The predicted molar refractivity (Wildman–Crippen MR) is 74.9 cm³/mol. The van der Waals surface area contributed by atoms with Crippen LogP contribution in [0.1, 0.15) is 6.42 Å². The molecule has 0 saturated carbocycles. The highest BCUT2D eigenvalue weighted by Crippen LogP contribution is 2.33. The Morgan fingerprint density at radius 3 is 2.47 bits per heavy atom. The normalized spacial score (nSPS) is 10.1. The lowest BCUT2D eigenvalue weighted by Gasteiger charge is -2.11. The first-order valence-electron chi connectivity index (χ1n) is 5.40. The lowest BCUT2D eigenvalue weighted by molar-refractivity contribution is -0.383. The Balaban J connectivity index is 2.80. The van der Waals surface area contributed by atoms with Gasteiger partial charge in [-0.2, -0.15) is 0 Å². The second-order valence-electron chi connectivity index (χ2n) is 4.01. The molecule has 6 nitrogen and oxygen atoms in total. The molecule has 0 atom stereocenters. The molecule has 0 bridgehead atoms. The maximum atomic E-state index is 11.4. The van der Waals surface area contributed by atoms with E-state index in [1.54, 1.807) is 14.1 Å². The molecule has 1 rings (SSSR count). The highest BCUT2D eigenvalue weighted by Gasteiger charge is 2.17. The summed E-state index contributed by atoms with van der Waals surface area (Å²) in [4.78, 5) is 23.1. The summed E-state index contributed by atoms with van der Waals surface area (Å²) in [7, 11) is 3.29. The van der Waals surface area contributed by atoms with Crippen molar-refractivity contribution < 1.29 is 9.72 Å². The number of carbonyl (C=O) groups excluding carboxylic acids is 1. The van der Waals surface area contributed by atoms with Crippen LogP contribution < -0.4 is 5.32 Å². The van der Waals surface area contributed by atoms with Gasteiger partial charge in [-0.05, 0) is 6.07 Å². The maximum absolute atomic E-state index is 11.4. The molecular formula is C11H13Cl2N3O3. The average molecular weight is 306 g/mol. The molecular weight excluding hydrogens is 293 g/mol. The summed E-state index contributed by atoms with van der Waals surface area (Å²) < 4.78 is 0. The number of rotatable bonds is 5. The predicted octanol–water partition coefficient (Wildman–Crippen LogP) is 2.79. The van der Waals surface area contributed by atoms with E-state index in [1.165, 1.54) is 17.0 Å². The molecule has 0 heterocycles. The SMILES string of the molecule is CN(C)C(=O)CCNc1cc(Cl)c(Cl)cc1[N+](=O)[O-]. The lowest BCUT2D eigenvalue weighted by atomic mass is 10.2. The van der Waals surface area contributed by atoms with Crippen LogP contribution in [0, 0.1) is 10.1 Å². The molecule has 19 heavy (non-hydrogen) atoms. The van der Waals surface area contributed by atoms with E-state index in [-0.39, 0.29) is 40.3 Å². The van der Waals surface area contributed by atoms with Crippen molar-refractivity contribution in [2.24, 2.45) is 0 Å². The van der Waals surface area contributed by atoms with Gasteiger partial charge in [-0.1, -0.05) is 23.2 Å². The summed E-state index contributed by atoms with van der Waals surface area (Å²) in [6.07, 6.45) is 0.227. The van der Waals surface area contributed by atoms with Gasteiger partial charge >= 0.3 is 0 Å². The number of nitro benzene ring substituents is 1. The molecule has 1 N–H and O–H groups in total. The second kappa shape index (κ2) is 6.58. The number of benzene rings is 1. The van der Waals surface area contributed by atoms with E-state index in [2.05, 4.69) is 5.32 Å². The van der Waals surface area contributed by atoms with E-state index < -0.39 is 4.92 Å². The second-order valence-corrected chi connectivity index (χ2v) is 4.82. The summed E-state index contributed by atoms with van der Waals surface area (Å²) in [5.41, 5.74) is 0.0673. The number of carbonyl (C=O) groups is 1. The molecule has 1 aromatic rings. The van der Waals surface area contributed by atoms with Crippen molar-refractivity contribution in [3.05, 3.63) is 32.3 Å². The van der Waals surface area contributed by atoms with Gasteiger partial charge in [0.25, 0.3) is 5.69 Å². The van der Waals surface area contributed by atoms with Gasteiger partial charge in [-0.15, -0.1) is 0 Å². The quantitative estimate of drug-likeness (QED) is 0.670. The van der Waals surface area contributed by atoms with Crippen LogP contribution in [-0.4, -0.2) is 36.4 Å². The van der Waals surface area contributed by atoms with E-state index in [4.69, 9.17) is 23.2 Å². The number of halogens is 2. The summed E-state index contributed by atoms with van der Waals surface area (Å²) in [5, 5.41) is 14.0. The first kappa shape index (κ1) is 15.5. The number of hydrogen-bond acceptors (Lipinski definition) is 4. The molecule has 0 aliphatic carbocycles. The topological polar surface area (TPSA) is 75.5 Å². The van der Waals surface area contributed by atoms with Crippen LogP contribution in [-0.2, 0) is 4.79 Å². The van der Waals surface area contributed by atoms with Gasteiger partial charge < -0.3 is 10.2 Å². The van der Waals surface area contributed by atoms with Crippen molar-refractivity contribution >= 4 is 40.5 Å². The molecule has 0 aromatic heterocycles. The molecule has 0 radical (unpaired) electrons. The van der Waals surface area contributed by atoms with Crippen molar-refractivity contribution in [1.29, 1.82) is 0 Å². The highest BCUT2D eigenvalue weighted by molar-refractivity contribution is 6.42. The van der Waals surface area contributed by atoms with Crippen molar-refractivity contribution in [3.8, 4) is 0 Å². The fourth-order valence-electron chi connectivity index (χ4n) is 1.36.